The minimum absolute atomic E-state index is 0.334. The van der Waals surface area contributed by atoms with Crippen molar-refractivity contribution in [2.75, 3.05) is 18.1 Å². The second-order valence-electron chi connectivity index (χ2n) is 4.70. The molecule has 0 aromatic carbocycles. The molecule has 0 spiro atoms. The number of hydrogen-bond acceptors (Lipinski definition) is 3. The predicted octanol–water partition coefficient (Wildman–Crippen LogP) is 2.23. The molecule has 0 fully saturated rings. The lowest BCUT2D eigenvalue weighted by Gasteiger charge is -2.21. The van der Waals surface area contributed by atoms with Crippen LogP contribution in [0.4, 0.5) is 0 Å². The average molecular weight is 249 g/mol. The summed E-state index contributed by atoms with van der Waals surface area (Å²) >= 11 is 0. The molecule has 0 aliphatic heterocycles. The molecule has 0 amide bonds. The molecule has 0 aliphatic rings. The van der Waals surface area contributed by atoms with Crippen LogP contribution in [-0.2, 0) is 9.84 Å². The van der Waals surface area contributed by atoms with Crippen molar-refractivity contribution in [3.05, 3.63) is 0 Å². The molecule has 0 radical (unpaired) electrons. The molecule has 0 saturated heterocycles. The van der Waals surface area contributed by atoms with Crippen LogP contribution in [0.1, 0.15) is 47.0 Å². The Bertz CT molecular complexity index is 260. The highest BCUT2D eigenvalue weighted by Gasteiger charge is 2.14. The third-order valence-corrected chi connectivity index (χ3v) is 4.70. The maximum absolute atomic E-state index is 11.5. The number of nitrogens with one attached hydrogen (secondary N) is 1. The van der Waals surface area contributed by atoms with Crippen LogP contribution in [0.3, 0.4) is 0 Å². The Morgan fingerprint density at radius 1 is 1.12 bits per heavy atom. The zero-order valence-corrected chi connectivity index (χ0v) is 11.9. The van der Waals surface area contributed by atoms with Gasteiger partial charge in [-0.25, -0.2) is 8.42 Å². The summed E-state index contributed by atoms with van der Waals surface area (Å²) in [6, 6.07) is 0.446. The van der Waals surface area contributed by atoms with Crippen molar-refractivity contribution >= 4 is 9.84 Å². The van der Waals surface area contributed by atoms with Crippen LogP contribution in [0.25, 0.3) is 0 Å². The summed E-state index contributed by atoms with van der Waals surface area (Å²) in [4.78, 5) is 0. The van der Waals surface area contributed by atoms with E-state index in [9.17, 15) is 8.42 Å². The Morgan fingerprint density at radius 3 is 2.19 bits per heavy atom. The van der Waals surface area contributed by atoms with Crippen LogP contribution < -0.4 is 5.32 Å². The molecule has 0 aliphatic carbocycles. The van der Waals surface area contributed by atoms with Gasteiger partial charge in [0, 0.05) is 11.8 Å². The molecule has 1 atom stereocenters. The van der Waals surface area contributed by atoms with E-state index in [0.29, 0.717) is 23.5 Å². The highest BCUT2D eigenvalue weighted by Crippen LogP contribution is 2.10. The van der Waals surface area contributed by atoms with Gasteiger partial charge in [0.15, 0.2) is 0 Å². The average Bonchev–Trinajstić information content (AvgIpc) is 2.15. The van der Waals surface area contributed by atoms with Crippen molar-refractivity contribution in [1.82, 2.24) is 5.32 Å². The van der Waals surface area contributed by atoms with Gasteiger partial charge in [-0.1, -0.05) is 27.7 Å². The lowest BCUT2D eigenvalue weighted by atomic mass is 10.00. The summed E-state index contributed by atoms with van der Waals surface area (Å²) in [7, 11) is -2.80. The molecule has 98 valence electrons. The minimum atomic E-state index is -2.80. The number of rotatable bonds is 9. The quantitative estimate of drug-likeness (QED) is 0.681. The molecule has 0 saturated carbocycles. The molecule has 0 aromatic rings. The lowest BCUT2D eigenvalue weighted by Crippen LogP contribution is -2.34. The van der Waals surface area contributed by atoms with Gasteiger partial charge in [0.1, 0.15) is 9.84 Å². The van der Waals surface area contributed by atoms with Crippen molar-refractivity contribution in [3.63, 3.8) is 0 Å². The van der Waals surface area contributed by atoms with Gasteiger partial charge in [0.05, 0.1) is 5.75 Å². The van der Waals surface area contributed by atoms with Crippen molar-refractivity contribution in [2.24, 2.45) is 5.92 Å². The van der Waals surface area contributed by atoms with Crippen molar-refractivity contribution in [3.8, 4) is 0 Å². The smallest absolute Gasteiger partial charge is 0.150 e. The van der Waals surface area contributed by atoms with Gasteiger partial charge in [-0.3, -0.25) is 0 Å². The van der Waals surface area contributed by atoms with E-state index in [2.05, 4.69) is 26.1 Å². The Kier molecular flexibility index (Phi) is 8.02. The van der Waals surface area contributed by atoms with E-state index < -0.39 is 9.84 Å². The first-order chi connectivity index (χ1) is 7.43. The standard InChI is InChI=1S/C12H27NO2S/c1-5-9-16(14,15)10-7-8-12(11(3)4)13-6-2/h11-13H,5-10H2,1-4H3. The third kappa shape index (κ3) is 7.23. The van der Waals surface area contributed by atoms with Crippen LogP contribution in [0.2, 0.25) is 0 Å². The number of sulfone groups is 1. The molecule has 4 heteroatoms. The summed E-state index contributed by atoms with van der Waals surface area (Å²) < 4.78 is 23.0. The van der Waals surface area contributed by atoms with E-state index >= 15 is 0 Å². The van der Waals surface area contributed by atoms with Crippen LogP contribution in [-0.4, -0.2) is 32.5 Å². The highest BCUT2D eigenvalue weighted by molar-refractivity contribution is 7.91. The van der Waals surface area contributed by atoms with E-state index in [1.54, 1.807) is 0 Å². The zero-order chi connectivity index (χ0) is 12.6. The van der Waals surface area contributed by atoms with E-state index in [4.69, 9.17) is 0 Å². The summed E-state index contributed by atoms with van der Waals surface area (Å²) in [6.45, 7) is 9.29. The van der Waals surface area contributed by atoms with Crippen LogP contribution in [0, 0.1) is 5.92 Å². The SMILES string of the molecule is CCCS(=O)(=O)CCCC(NCC)C(C)C. The predicted molar refractivity (Wildman–Crippen MR) is 70.5 cm³/mol. The molecular formula is C12H27NO2S. The first kappa shape index (κ1) is 15.9. The Labute approximate surface area is 101 Å². The summed E-state index contributed by atoms with van der Waals surface area (Å²) in [5, 5.41) is 3.41. The zero-order valence-electron chi connectivity index (χ0n) is 11.1. The van der Waals surface area contributed by atoms with Gasteiger partial charge >= 0.3 is 0 Å². The maximum Gasteiger partial charge on any atom is 0.150 e. The first-order valence-corrected chi connectivity index (χ1v) is 8.18. The van der Waals surface area contributed by atoms with Gasteiger partial charge in [0.2, 0.25) is 0 Å². The van der Waals surface area contributed by atoms with E-state index in [1.165, 1.54) is 0 Å². The highest BCUT2D eigenvalue weighted by atomic mass is 32.2. The molecule has 1 unspecified atom stereocenters. The Hall–Kier alpha value is -0.0900. The van der Waals surface area contributed by atoms with Gasteiger partial charge in [-0.2, -0.15) is 0 Å². The van der Waals surface area contributed by atoms with E-state index in [0.717, 1.165) is 25.8 Å². The summed E-state index contributed by atoms with van der Waals surface area (Å²) in [5.41, 5.74) is 0. The normalized spacial score (nSPS) is 14.3. The van der Waals surface area contributed by atoms with Crippen LogP contribution in [0.15, 0.2) is 0 Å². The van der Waals surface area contributed by atoms with Gasteiger partial charge in [0.25, 0.3) is 0 Å². The van der Waals surface area contributed by atoms with Crippen molar-refractivity contribution < 1.29 is 8.42 Å². The van der Waals surface area contributed by atoms with E-state index in [1.807, 2.05) is 6.92 Å². The third-order valence-electron chi connectivity index (χ3n) is 2.76. The fourth-order valence-corrected chi connectivity index (χ4v) is 3.30. The molecule has 0 heterocycles. The number of hydrogen-bond donors (Lipinski definition) is 1. The van der Waals surface area contributed by atoms with Crippen molar-refractivity contribution in [2.45, 2.75) is 53.0 Å². The minimum Gasteiger partial charge on any atom is -0.314 e. The van der Waals surface area contributed by atoms with Gasteiger partial charge < -0.3 is 5.32 Å². The molecule has 1 N–H and O–H groups in total. The monoisotopic (exact) mass is 249 g/mol. The second-order valence-corrected chi connectivity index (χ2v) is 7.01. The van der Waals surface area contributed by atoms with Gasteiger partial charge in [-0.05, 0) is 31.7 Å². The largest absolute Gasteiger partial charge is 0.314 e. The molecule has 0 bridgehead atoms. The second kappa shape index (κ2) is 8.07. The van der Waals surface area contributed by atoms with Crippen LogP contribution in [0.5, 0.6) is 0 Å². The van der Waals surface area contributed by atoms with Crippen molar-refractivity contribution in [1.29, 1.82) is 0 Å². The topological polar surface area (TPSA) is 46.2 Å². The van der Waals surface area contributed by atoms with Crippen LogP contribution >= 0.6 is 0 Å². The first-order valence-electron chi connectivity index (χ1n) is 6.36. The van der Waals surface area contributed by atoms with E-state index in [-0.39, 0.29) is 0 Å². The lowest BCUT2D eigenvalue weighted by molar-refractivity contribution is 0.382. The summed E-state index contributed by atoms with van der Waals surface area (Å²) in [6.07, 6.45) is 2.45. The fraction of sp³-hybridized carbons (Fsp3) is 1.00. The Balaban J connectivity index is 3.94. The maximum atomic E-state index is 11.5. The Morgan fingerprint density at radius 2 is 1.75 bits per heavy atom. The van der Waals surface area contributed by atoms with Gasteiger partial charge in [-0.15, -0.1) is 0 Å². The molecule has 0 aromatic heterocycles. The molecule has 3 nitrogen and oxygen atoms in total. The molecular weight excluding hydrogens is 222 g/mol. The summed E-state index contributed by atoms with van der Waals surface area (Å²) in [5.74, 6) is 1.24. The molecule has 0 rings (SSSR count). The molecule has 16 heavy (non-hydrogen) atoms. The fourth-order valence-electron chi connectivity index (χ4n) is 1.87.